The molecule has 0 unspecified atom stereocenters. The molecule has 0 aliphatic carbocycles. The second-order valence-corrected chi connectivity index (χ2v) is 4.53. The van der Waals surface area contributed by atoms with E-state index in [0.717, 1.165) is 17.3 Å². The van der Waals surface area contributed by atoms with Gasteiger partial charge in [0.15, 0.2) is 11.5 Å². The zero-order valence-electron chi connectivity index (χ0n) is 12.1. The van der Waals surface area contributed by atoms with E-state index in [1.807, 2.05) is 31.2 Å². The molecule has 0 saturated carbocycles. The molecule has 0 atom stereocenters. The number of hydrogen-bond donors (Lipinski definition) is 2. The lowest BCUT2D eigenvalue weighted by molar-refractivity contribution is -0.385. The number of hydrazone groups is 1. The number of hydrogen-bond acceptors (Lipinski definition) is 6. The van der Waals surface area contributed by atoms with Crippen LogP contribution in [0.4, 0.5) is 11.4 Å². The maximum atomic E-state index is 10.9. The van der Waals surface area contributed by atoms with E-state index in [9.17, 15) is 15.2 Å². The van der Waals surface area contributed by atoms with Crippen LogP contribution in [0.15, 0.2) is 41.5 Å². The van der Waals surface area contributed by atoms with E-state index < -0.39 is 4.92 Å². The summed E-state index contributed by atoms with van der Waals surface area (Å²) in [7, 11) is 1.32. The molecule has 7 nitrogen and oxygen atoms in total. The number of non-ortho nitro benzene ring substituents is 1. The Kier molecular flexibility index (Phi) is 4.57. The number of nitrogens with zero attached hydrogens (tertiary/aromatic N) is 2. The van der Waals surface area contributed by atoms with Gasteiger partial charge in [0.25, 0.3) is 5.69 Å². The van der Waals surface area contributed by atoms with Crippen LogP contribution in [-0.4, -0.2) is 23.4 Å². The van der Waals surface area contributed by atoms with Gasteiger partial charge < -0.3 is 9.84 Å². The van der Waals surface area contributed by atoms with Crippen LogP contribution in [0, 0.1) is 17.0 Å². The summed E-state index contributed by atoms with van der Waals surface area (Å²) >= 11 is 0. The van der Waals surface area contributed by atoms with E-state index in [0.29, 0.717) is 0 Å². The fraction of sp³-hybridized carbons (Fsp3) is 0.133. The number of nitro benzene ring substituents is 1. The molecule has 2 rings (SSSR count). The summed E-state index contributed by atoms with van der Waals surface area (Å²) in [5, 5.41) is 24.9. The van der Waals surface area contributed by atoms with Crippen molar-refractivity contribution >= 4 is 17.6 Å². The number of methoxy groups -OCH3 is 1. The number of aryl methyl sites for hydroxylation is 1. The average molecular weight is 301 g/mol. The minimum absolute atomic E-state index is 0.0199. The summed E-state index contributed by atoms with van der Waals surface area (Å²) in [6, 6.07) is 9.91. The van der Waals surface area contributed by atoms with Gasteiger partial charge in [0, 0.05) is 11.6 Å². The SMILES string of the molecule is COc1cc([N+](=O)[O-])cc(/C=N/Nc2ccccc2C)c1O. The lowest BCUT2D eigenvalue weighted by atomic mass is 10.1. The molecular formula is C15H15N3O4. The number of aromatic hydroxyl groups is 1. The monoisotopic (exact) mass is 301 g/mol. The quantitative estimate of drug-likeness (QED) is 0.502. The molecular weight excluding hydrogens is 286 g/mol. The molecule has 0 aliphatic rings. The first-order chi connectivity index (χ1) is 10.5. The molecule has 0 spiro atoms. The van der Waals surface area contributed by atoms with Gasteiger partial charge in [0.2, 0.25) is 0 Å². The van der Waals surface area contributed by atoms with Crippen LogP contribution in [0.25, 0.3) is 0 Å². The van der Waals surface area contributed by atoms with E-state index in [-0.39, 0.29) is 22.7 Å². The Morgan fingerprint density at radius 3 is 2.73 bits per heavy atom. The molecule has 0 fully saturated rings. The van der Waals surface area contributed by atoms with Crippen molar-refractivity contribution in [3.8, 4) is 11.5 Å². The number of phenols is 1. The molecule has 0 aromatic heterocycles. The Hall–Kier alpha value is -3.09. The molecule has 0 amide bonds. The molecule has 0 radical (unpaired) electrons. The van der Waals surface area contributed by atoms with Gasteiger partial charge in [-0.05, 0) is 18.6 Å². The molecule has 22 heavy (non-hydrogen) atoms. The Labute approximate surface area is 127 Å². The molecule has 2 N–H and O–H groups in total. The predicted octanol–water partition coefficient (Wildman–Crippen LogP) is 3.06. The smallest absolute Gasteiger partial charge is 0.274 e. The van der Waals surface area contributed by atoms with Gasteiger partial charge in [-0.2, -0.15) is 5.10 Å². The second kappa shape index (κ2) is 6.57. The van der Waals surface area contributed by atoms with Gasteiger partial charge >= 0.3 is 0 Å². The van der Waals surface area contributed by atoms with Gasteiger partial charge in [-0.3, -0.25) is 15.5 Å². The normalized spacial score (nSPS) is 10.6. The third kappa shape index (κ3) is 3.32. The van der Waals surface area contributed by atoms with Crippen molar-refractivity contribution in [2.24, 2.45) is 5.10 Å². The molecule has 7 heteroatoms. The Bertz CT molecular complexity index is 729. The standard InChI is InChI=1S/C15H15N3O4/c1-10-5-3-4-6-13(10)17-16-9-11-7-12(18(20)21)8-14(22-2)15(11)19/h3-9,17,19H,1-2H3/b16-9+. The van der Waals surface area contributed by atoms with Crippen LogP contribution in [-0.2, 0) is 0 Å². The number of phenolic OH excluding ortho intramolecular Hbond substituents is 1. The van der Waals surface area contributed by atoms with Gasteiger partial charge in [-0.1, -0.05) is 18.2 Å². The van der Waals surface area contributed by atoms with Crippen molar-refractivity contribution in [2.75, 3.05) is 12.5 Å². The summed E-state index contributed by atoms with van der Waals surface area (Å²) in [4.78, 5) is 10.3. The van der Waals surface area contributed by atoms with E-state index in [1.165, 1.54) is 19.4 Å². The number of nitrogens with one attached hydrogen (secondary N) is 1. The fourth-order valence-electron chi connectivity index (χ4n) is 1.84. The number of ether oxygens (including phenoxy) is 1. The maximum Gasteiger partial charge on any atom is 0.274 e. The molecule has 0 heterocycles. The zero-order chi connectivity index (χ0) is 16.1. The first-order valence-corrected chi connectivity index (χ1v) is 6.43. The number of nitro groups is 1. The van der Waals surface area contributed by atoms with Crippen molar-refractivity contribution in [1.82, 2.24) is 0 Å². The van der Waals surface area contributed by atoms with Crippen LogP contribution in [0.1, 0.15) is 11.1 Å². The van der Waals surface area contributed by atoms with E-state index in [4.69, 9.17) is 4.74 Å². The summed E-state index contributed by atoms with van der Waals surface area (Å²) < 4.78 is 4.92. The van der Waals surface area contributed by atoms with Crippen molar-refractivity contribution in [3.63, 3.8) is 0 Å². The van der Waals surface area contributed by atoms with Crippen LogP contribution >= 0.6 is 0 Å². The van der Waals surface area contributed by atoms with Crippen molar-refractivity contribution < 1.29 is 14.8 Å². The van der Waals surface area contributed by atoms with Crippen molar-refractivity contribution in [1.29, 1.82) is 0 Å². The molecule has 2 aromatic rings. The first-order valence-electron chi connectivity index (χ1n) is 6.43. The lowest BCUT2D eigenvalue weighted by Crippen LogP contribution is -1.96. The maximum absolute atomic E-state index is 10.9. The highest BCUT2D eigenvalue weighted by molar-refractivity contribution is 5.86. The summed E-state index contributed by atoms with van der Waals surface area (Å²) in [5.41, 5.74) is 4.62. The highest BCUT2D eigenvalue weighted by Gasteiger charge is 2.15. The fourth-order valence-corrected chi connectivity index (χ4v) is 1.84. The van der Waals surface area contributed by atoms with Crippen LogP contribution < -0.4 is 10.2 Å². The van der Waals surface area contributed by atoms with Crippen molar-refractivity contribution in [2.45, 2.75) is 6.92 Å². The lowest BCUT2D eigenvalue weighted by Gasteiger charge is -2.06. The third-order valence-electron chi connectivity index (χ3n) is 3.05. The summed E-state index contributed by atoms with van der Waals surface area (Å²) in [5.74, 6) is -0.185. The van der Waals surface area contributed by atoms with E-state index in [2.05, 4.69) is 10.5 Å². The molecule has 0 saturated heterocycles. The van der Waals surface area contributed by atoms with Gasteiger partial charge in [-0.25, -0.2) is 0 Å². The minimum Gasteiger partial charge on any atom is -0.504 e. The number of rotatable bonds is 5. The predicted molar refractivity (Wildman–Crippen MR) is 83.7 cm³/mol. The Balaban J connectivity index is 2.28. The molecule has 0 aliphatic heterocycles. The summed E-state index contributed by atoms with van der Waals surface area (Å²) in [6.07, 6.45) is 1.30. The van der Waals surface area contributed by atoms with Crippen LogP contribution in [0.2, 0.25) is 0 Å². The third-order valence-corrected chi connectivity index (χ3v) is 3.05. The Morgan fingerprint density at radius 1 is 1.36 bits per heavy atom. The topological polar surface area (TPSA) is 97.0 Å². The van der Waals surface area contributed by atoms with E-state index >= 15 is 0 Å². The Morgan fingerprint density at radius 2 is 2.09 bits per heavy atom. The largest absolute Gasteiger partial charge is 0.504 e. The highest BCUT2D eigenvalue weighted by Crippen LogP contribution is 2.33. The zero-order valence-corrected chi connectivity index (χ0v) is 12.1. The van der Waals surface area contributed by atoms with Crippen LogP contribution in [0.3, 0.4) is 0 Å². The number of benzene rings is 2. The molecule has 2 aromatic carbocycles. The number of anilines is 1. The van der Waals surface area contributed by atoms with Gasteiger partial charge in [0.1, 0.15) is 0 Å². The first kappa shape index (κ1) is 15.3. The van der Waals surface area contributed by atoms with Gasteiger partial charge in [-0.15, -0.1) is 0 Å². The van der Waals surface area contributed by atoms with Crippen molar-refractivity contribution in [3.05, 3.63) is 57.6 Å². The van der Waals surface area contributed by atoms with Gasteiger partial charge in [0.05, 0.1) is 30.0 Å². The minimum atomic E-state index is -0.561. The summed E-state index contributed by atoms with van der Waals surface area (Å²) in [6.45, 7) is 1.92. The molecule has 0 bridgehead atoms. The second-order valence-electron chi connectivity index (χ2n) is 4.53. The van der Waals surface area contributed by atoms with E-state index in [1.54, 1.807) is 0 Å². The molecule has 114 valence electrons. The highest BCUT2D eigenvalue weighted by atomic mass is 16.6. The number of para-hydroxylation sites is 1. The average Bonchev–Trinajstić information content (AvgIpc) is 2.50. The van der Waals surface area contributed by atoms with Crippen LogP contribution in [0.5, 0.6) is 11.5 Å².